The first kappa shape index (κ1) is 23.7. The Morgan fingerprint density at radius 2 is 1.40 bits per heavy atom. The zero-order chi connectivity index (χ0) is 24.5. The Bertz CT molecular complexity index is 1330. The van der Waals surface area contributed by atoms with Gasteiger partial charge in [0.2, 0.25) is 0 Å². The molecule has 0 aliphatic rings. The fourth-order valence-electron chi connectivity index (χ4n) is 3.93. The molecular formula is C32H27NO2. The van der Waals surface area contributed by atoms with Crippen molar-refractivity contribution in [1.82, 2.24) is 0 Å². The Morgan fingerprint density at radius 1 is 0.800 bits per heavy atom. The second-order valence-electron chi connectivity index (χ2n) is 8.42. The van der Waals surface area contributed by atoms with E-state index in [1.807, 2.05) is 54.6 Å². The van der Waals surface area contributed by atoms with Gasteiger partial charge in [0.1, 0.15) is 5.75 Å². The third kappa shape index (κ3) is 6.34. The van der Waals surface area contributed by atoms with Crippen LogP contribution in [0.3, 0.4) is 0 Å². The molecule has 3 nitrogen and oxygen atoms in total. The Labute approximate surface area is 207 Å². The van der Waals surface area contributed by atoms with Gasteiger partial charge in [-0.05, 0) is 78.3 Å². The molecule has 4 aromatic rings. The van der Waals surface area contributed by atoms with Gasteiger partial charge in [0.25, 0.3) is 0 Å². The molecule has 0 aliphatic carbocycles. The zero-order valence-electron chi connectivity index (χ0n) is 19.6. The summed E-state index contributed by atoms with van der Waals surface area (Å²) < 4.78 is 5.74. The van der Waals surface area contributed by atoms with Crippen LogP contribution in [-0.4, -0.2) is 5.97 Å². The van der Waals surface area contributed by atoms with Gasteiger partial charge in [0.15, 0.2) is 0 Å². The molecule has 0 fully saturated rings. The lowest BCUT2D eigenvalue weighted by molar-refractivity contribution is 0.0735. The molecule has 0 radical (unpaired) electrons. The summed E-state index contributed by atoms with van der Waals surface area (Å²) in [6.07, 6.45) is 5.79. The number of ether oxygens (including phenoxy) is 1. The lowest BCUT2D eigenvalue weighted by Gasteiger charge is -2.11. The van der Waals surface area contributed by atoms with Gasteiger partial charge < -0.3 is 4.74 Å². The number of carbonyl (C=O) groups excluding carboxylic acids is 1. The minimum absolute atomic E-state index is 0.376. The van der Waals surface area contributed by atoms with Crippen LogP contribution in [0, 0.1) is 11.3 Å². The van der Waals surface area contributed by atoms with E-state index in [1.165, 1.54) is 11.1 Å². The molecular weight excluding hydrogens is 430 g/mol. The van der Waals surface area contributed by atoms with Crippen LogP contribution in [-0.2, 0) is 19.3 Å². The van der Waals surface area contributed by atoms with E-state index in [4.69, 9.17) is 4.74 Å². The predicted octanol–water partition coefficient (Wildman–Crippen LogP) is 7.35. The van der Waals surface area contributed by atoms with Crippen molar-refractivity contribution in [1.29, 1.82) is 5.26 Å². The highest BCUT2D eigenvalue weighted by molar-refractivity contribution is 5.92. The van der Waals surface area contributed by atoms with Crippen molar-refractivity contribution < 1.29 is 9.53 Å². The largest absolute Gasteiger partial charge is 0.422 e. The molecule has 172 valence electrons. The van der Waals surface area contributed by atoms with Crippen LogP contribution in [0.4, 0.5) is 0 Å². The van der Waals surface area contributed by atoms with E-state index in [-0.39, 0.29) is 0 Å². The average molecular weight is 458 g/mol. The van der Waals surface area contributed by atoms with Gasteiger partial charge in [0, 0.05) is 5.56 Å². The standard InChI is InChI=1S/C32H27NO2/c1-2-3-7-24-10-12-25(13-11-24)14-15-26-16-19-29(20-17-26)32(34)35-31-22-27(23-33)18-21-30(31)28-8-5-4-6-9-28/h2,4-6,8-13,16-22H,1,3,7,14-15H2. The highest BCUT2D eigenvalue weighted by Gasteiger charge is 2.14. The van der Waals surface area contributed by atoms with Crippen molar-refractivity contribution in [3.05, 3.63) is 138 Å². The van der Waals surface area contributed by atoms with Crippen molar-refractivity contribution >= 4 is 5.97 Å². The summed E-state index contributed by atoms with van der Waals surface area (Å²) >= 11 is 0. The Kier molecular flexibility index (Phi) is 7.88. The zero-order valence-corrected chi connectivity index (χ0v) is 19.6. The number of nitriles is 1. The SMILES string of the molecule is C=CCCc1ccc(CCc2ccc(C(=O)Oc3cc(C#N)ccc3-c3ccccc3)cc2)cc1. The van der Waals surface area contributed by atoms with Crippen molar-refractivity contribution in [2.75, 3.05) is 0 Å². The molecule has 4 rings (SSSR count). The van der Waals surface area contributed by atoms with Crippen LogP contribution >= 0.6 is 0 Å². The van der Waals surface area contributed by atoms with Gasteiger partial charge >= 0.3 is 5.97 Å². The number of aryl methyl sites for hydroxylation is 3. The van der Waals surface area contributed by atoms with Gasteiger partial charge in [-0.1, -0.05) is 72.8 Å². The van der Waals surface area contributed by atoms with Crippen LogP contribution in [0.15, 0.2) is 110 Å². The van der Waals surface area contributed by atoms with E-state index in [1.54, 1.807) is 24.3 Å². The predicted molar refractivity (Wildman–Crippen MR) is 140 cm³/mol. The monoisotopic (exact) mass is 457 g/mol. The minimum atomic E-state index is -0.445. The third-order valence-corrected chi connectivity index (χ3v) is 5.95. The van der Waals surface area contributed by atoms with Crippen LogP contribution in [0.5, 0.6) is 5.75 Å². The number of hydrogen-bond acceptors (Lipinski definition) is 3. The molecule has 0 amide bonds. The van der Waals surface area contributed by atoms with Crippen molar-refractivity contribution in [3.8, 4) is 22.9 Å². The third-order valence-electron chi connectivity index (χ3n) is 5.95. The molecule has 0 unspecified atom stereocenters. The highest BCUT2D eigenvalue weighted by atomic mass is 16.5. The maximum absolute atomic E-state index is 12.9. The topological polar surface area (TPSA) is 50.1 Å². The van der Waals surface area contributed by atoms with E-state index in [9.17, 15) is 10.1 Å². The van der Waals surface area contributed by atoms with E-state index in [0.29, 0.717) is 16.9 Å². The number of esters is 1. The number of hydrogen-bond donors (Lipinski definition) is 0. The lowest BCUT2D eigenvalue weighted by Crippen LogP contribution is -2.09. The van der Waals surface area contributed by atoms with Crippen LogP contribution in [0.25, 0.3) is 11.1 Å². The number of carbonyl (C=O) groups is 1. The molecule has 0 saturated heterocycles. The van der Waals surface area contributed by atoms with Gasteiger partial charge in [-0.15, -0.1) is 6.58 Å². The van der Waals surface area contributed by atoms with Crippen LogP contribution < -0.4 is 4.74 Å². The van der Waals surface area contributed by atoms with E-state index in [2.05, 4.69) is 36.9 Å². The highest BCUT2D eigenvalue weighted by Crippen LogP contribution is 2.31. The molecule has 0 atom stereocenters. The molecule has 3 heteroatoms. The molecule has 0 heterocycles. The van der Waals surface area contributed by atoms with E-state index in [0.717, 1.165) is 42.4 Å². The number of rotatable bonds is 9. The molecule has 0 aromatic heterocycles. The van der Waals surface area contributed by atoms with Crippen molar-refractivity contribution in [3.63, 3.8) is 0 Å². The Balaban J connectivity index is 1.41. The van der Waals surface area contributed by atoms with Gasteiger partial charge in [0.05, 0.1) is 17.2 Å². The maximum Gasteiger partial charge on any atom is 0.343 e. The van der Waals surface area contributed by atoms with E-state index >= 15 is 0 Å². The summed E-state index contributed by atoms with van der Waals surface area (Å²) in [4.78, 5) is 12.9. The first-order chi connectivity index (χ1) is 17.2. The summed E-state index contributed by atoms with van der Waals surface area (Å²) in [5.41, 5.74) is 6.38. The quantitative estimate of drug-likeness (QED) is 0.150. The van der Waals surface area contributed by atoms with Crippen LogP contribution in [0.1, 0.15) is 39.0 Å². The molecule has 4 aromatic carbocycles. The number of nitrogens with zero attached hydrogens (tertiary/aromatic N) is 1. The first-order valence-corrected chi connectivity index (χ1v) is 11.8. The van der Waals surface area contributed by atoms with Gasteiger partial charge in [-0.25, -0.2) is 4.79 Å². The normalized spacial score (nSPS) is 10.4. The number of benzene rings is 4. The molecule has 35 heavy (non-hydrogen) atoms. The minimum Gasteiger partial charge on any atom is -0.422 e. The molecule has 0 saturated carbocycles. The van der Waals surface area contributed by atoms with Gasteiger partial charge in [-0.3, -0.25) is 0 Å². The molecule has 0 spiro atoms. The van der Waals surface area contributed by atoms with Gasteiger partial charge in [-0.2, -0.15) is 5.26 Å². The smallest absolute Gasteiger partial charge is 0.343 e. The van der Waals surface area contributed by atoms with Crippen molar-refractivity contribution in [2.45, 2.75) is 25.7 Å². The molecule has 0 N–H and O–H groups in total. The first-order valence-electron chi connectivity index (χ1n) is 11.8. The summed E-state index contributed by atoms with van der Waals surface area (Å²) in [6, 6.07) is 33.2. The summed E-state index contributed by atoms with van der Waals surface area (Å²) in [5, 5.41) is 9.29. The fourth-order valence-corrected chi connectivity index (χ4v) is 3.93. The summed E-state index contributed by atoms with van der Waals surface area (Å²) in [7, 11) is 0. The van der Waals surface area contributed by atoms with Crippen LogP contribution in [0.2, 0.25) is 0 Å². The Hall–Kier alpha value is -4.42. The molecule has 0 aliphatic heterocycles. The second kappa shape index (κ2) is 11.6. The van der Waals surface area contributed by atoms with Crippen molar-refractivity contribution in [2.24, 2.45) is 0 Å². The summed E-state index contributed by atoms with van der Waals surface area (Å²) in [6.45, 7) is 3.78. The van der Waals surface area contributed by atoms with E-state index < -0.39 is 5.97 Å². The second-order valence-corrected chi connectivity index (χ2v) is 8.42. The molecule has 0 bridgehead atoms. The lowest BCUT2D eigenvalue weighted by atomic mass is 10.0. The maximum atomic E-state index is 12.9. The Morgan fingerprint density at radius 3 is 2.00 bits per heavy atom. The average Bonchev–Trinajstić information content (AvgIpc) is 2.92. The summed E-state index contributed by atoms with van der Waals surface area (Å²) in [5.74, 6) is -0.0696. The fraction of sp³-hybridized carbons (Fsp3) is 0.125. The number of allylic oxidation sites excluding steroid dienone is 1.